The maximum absolute atomic E-state index is 12.7. The molecule has 1 amide bonds. The quantitative estimate of drug-likeness (QED) is 0.754. The molecular weight excluding hydrogens is 322 g/mol. The molecule has 6 nitrogen and oxygen atoms in total. The van der Waals surface area contributed by atoms with Gasteiger partial charge in [0.2, 0.25) is 0 Å². The van der Waals surface area contributed by atoms with E-state index in [4.69, 9.17) is 14.6 Å². The number of carboxylic acids is 1. The van der Waals surface area contributed by atoms with E-state index in [1.165, 1.54) is 0 Å². The van der Waals surface area contributed by atoms with Gasteiger partial charge in [-0.3, -0.25) is 4.79 Å². The first-order valence-corrected chi connectivity index (χ1v) is 8.67. The number of nitrogens with one attached hydrogen (secondary N) is 1. The Morgan fingerprint density at radius 3 is 2.52 bits per heavy atom. The molecule has 1 aliphatic rings. The second kappa shape index (κ2) is 7.87. The summed E-state index contributed by atoms with van der Waals surface area (Å²) in [6.07, 6.45) is 2.00. The number of carbonyl (C=O) groups is 2. The highest BCUT2D eigenvalue weighted by Crippen LogP contribution is 2.52. The Balaban J connectivity index is 2.11. The molecule has 2 N–H and O–H groups in total. The van der Waals surface area contributed by atoms with E-state index in [1.54, 1.807) is 31.4 Å². The lowest BCUT2D eigenvalue weighted by molar-refractivity contribution is -0.164. The molecule has 3 unspecified atom stereocenters. The van der Waals surface area contributed by atoms with Crippen LogP contribution in [0, 0.1) is 11.3 Å². The number of carboxylic acid groups (broad SMARTS) is 1. The van der Waals surface area contributed by atoms with Gasteiger partial charge in [-0.2, -0.15) is 0 Å². The number of hydrogen-bond donors (Lipinski definition) is 2. The van der Waals surface area contributed by atoms with Crippen molar-refractivity contribution in [1.82, 2.24) is 5.32 Å². The van der Waals surface area contributed by atoms with E-state index in [-0.39, 0.29) is 29.4 Å². The van der Waals surface area contributed by atoms with E-state index in [0.29, 0.717) is 11.3 Å². The number of carbonyl (C=O) groups excluding carboxylic acids is 1. The SMILES string of the molecule is CCC1(CC)C(NC(=O)c2cccc(OCC(=O)O)c2)C(C)C1OC. The molecular formula is C19H27NO5. The van der Waals surface area contributed by atoms with Crippen molar-refractivity contribution in [1.29, 1.82) is 0 Å². The first-order chi connectivity index (χ1) is 11.9. The molecule has 1 aromatic rings. The van der Waals surface area contributed by atoms with Crippen LogP contribution in [0.4, 0.5) is 0 Å². The number of ether oxygens (including phenoxy) is 2. The standard InChI is InChI=1S/C19H27NO5/c1-5-19(6-2)16(12(3)17(19)24-4)20-18(23)13-8-7-9-14(10-13)25-11-15(21)22/h7-10,12,16-17H,5-6,11H2,1-4H3,(H,20,23)(H,21,22). The van der Waals surface area contributed by atoms with Crippen molar-refractivity contribution in [2.75, 3.05) is 13.7 Å². The van der Waals surface area contributed by atoms with Gasteiger partial charge in [0.25, 0.3) is 5.91 Å². The van der Waals surface area contributed by atoms with Gasteiger partial charge in [-0.05, 0) is 31.0 Å². The van der Waals surface area contributed by atoms with Crippen molar-refractivity contribution in [3.05, 3.63) is 29.8 Å². The average Bonchev–Trinajstić information content (AvgIpc) is 2.62. The van der Waals surface area contributed by atoms with Gasteiger partial charge in [-0.25, -0.2) is 4.79 Å². The van der Waals surface area contributed by atoms with Crippen molar-refractivity contribution >= 4 is 11.9 Å². The molecule has 0 saturated heterocycles. The summed E-state index contributed by atoms with van der Waals surface area (Å²) in [5, 5.41) is 11.8. The molecule has 1 aliphatic carbocycles. The maximum atomic E-state index is 12.7. The van der Waals surface area contributed by atoms with Crippen LogP contribution >= 0.6 is 0 Å². The molecule has 25 heavy (non-hydrogen) atoms. The molecule has 0 spiro atoms. The second-order valence-electron chi connectivity index (χ2n) is 6.62. The minimum Gasteiger partial charge on any atom is -0.482 e. The number of hydrogen-bond acceptors (Lipinski definition) is 4. The third-order valence-electron chi connectivity index (χ3n) is 5.50. The van der Waals surface area contributed by atoms with E-state index in [1.807, 2.05) is 0 Å². The van der Waals surface area contributed by atoms with Gasteiger partial charge in [0.05, 0.1) is 6.10 Å². The molecule has 0 radical (unpaired) electrons. The largest absolute Gasteiger partial charge is 0.482 e. The molecule has 1 fully saturated rings. The number of rotatable bonds is 8. The van der Waals surface area contributed by atoms with Crippen LogP contribution in [0.2, 0.25) is 0 Å². The van der Waals surface area contributed by atoms with E-state index in [9.17, 15) is 9.59 Å². The fourth-order valence-electron chi connectivity index (χ4n) is 4.19. The number of benzene rings is 1. The van der Waals surface area contributed by atoms with Crippen molar-refractivity contribution in [2.24, 2.45) is 11.3 Å². The van der Waals surface area contributed by atoms with Crippen LogP contribution in [0.1, 0.15) is 44.0 Å². The lowest BCUT2D eigenvalue weighted by atomic mass is 9.53. The fourth-order valence-corrected chi connectivity index (χ4v) is 4.19. The van der Waals surface area contributed by atoms with Gasteiger partial charge >= 0.3 is 5.97 Å². The summed E-state index contributed by atoms with van der Waals surface area (Å²) < 4.78 is 10.8. The summed E-state index contributed by atoms with van der Waals surface area (Å²) in [5.41, 5.74) is 0.401. The van der Waals surface area contributed by atoms with Gasteiger partial charge < -0.3 is 19.9 Å². The van der Waals surface area contributed by atoms with E-state index >= 15 is 0 Å². The lowest BCUT2D eigenvalue weighted by Gasteiger charge is -2.59. The zero-order chi connectivity index (χ0) is 18.6. The summed E-state index contributed by atoms with van der Waals surface area (Å²) in [6.45, 7) is 5.91. The zero-order valence-electron chi connectivity index (χ0n) is 15.2. The first-order valence-electron chi connectivity index (χ1n) is 8.67. The average molecular weight is 349 g/mol. The Morgan fingerprint density at radius 2 is 1.96 bits per heavy atom. The van der Waals surface area contributed by atoms with Crippen LogP contribution in [-0.4, -0.2) is 42.8 Å². The van der Waals surface area contributed by atoms with Gasteiger partial charge in [0.15, 0.2) is 6.61 Å². The van der Waals surface area contributed by atoms with Crippen molar-refractivity contribution in [3.63, 3.8) is 0 Å². The van der Waals surface area contributed by atoms with E-state index < -0.39 is 12.6 Å². The Labute approximate surface area is 148 Å². The molecule has 1 aromatic carbocycles. The molecule has 0 bridgehead atoms. The van der Waals surface area contributed by atoms with Crippen molar-refractivity contribution in [3.8, 4) is 5.75 Å². The van der Waals surface area contributed by atoms with Crippen LogP contribution in [0.25, 0.3) is 0 Å². The van der Waals surface area contributed by atoms with Crippen LogP contribution in [0.15, 0.2) is 24.3 Å². The number of amides is 1. The molecule has 6 heteroatoms. The molecule has 0 aromatic heterocycles. The predicted molar refractivity (Wildman–Crippen MR) is 93.8 cm³/mol. The first kappa shape index (κ1) is 19.2. The molecule has 2 rings (SSSR count). The summed E-state index contributed by atoms with van der Waals surface area (Å²) >= 11 is 0. The predicted octanol–water partition coefficient (Wildman–Crippen LogP) is 2.72. The molecule has 138 valence electrons. The van der Waals surface area contributed by atoms with Crippen molar-refractivity contribution in [2.45, 2.75) is 45.8 Å². The summed E-state index contributed by atoms with van der Waals surface area (Å²) in [5.74, 6) is -0.637. The lowest BCUT2D eigenvalue weighted by Crippen LogP contribution is -2.69. The van der Waals surface area contributed by atoms with Crippen LogP contribution < -0.4 is 10.1 Å². The Morgan fingerprint density at radius 1 is 1.28 bits per heavy atom. The smallest absolute Gasteiger partial charge is 0.341 e. The van der Waals surface area contributed by atoms with Gasteiger partial charge in [0, 0.05) is 30.0 Å². The molecule has 1 saturated carbocycles. The van der Waals surface area contributed by atoms with E-state index in [0.717, 1.165) is 12.8 Å². The Kier molecular flexibility index (Phi) is 6.06. The minimum atomic E-state index is -1.06. The monoisotopic (exact) mass is 349 g/mol. The summed E-state index contributed by atoms with van der Waals surface area (Å²) in [4.78, 5) is 23.3. The molecule has 3 atom stereocenters. The van der Waals surface area contributed by atoms with Gasteiger partial charge in [0.1, 0.15) is 5.75 Å². The highest BCUT2D eigenvalue weighted by Gasteiger charge is 2.58. The van der Waals surface area contributed by atoms with Gasteiger partial charge in [-0.1, -0.05) is 26.8 Å². The highest BCUT2D eigenvalue weighted by atomic mass is 16.5. The molecule has 0 aliphatic heterocycles. The zero-order valence-corrected chi connectivity index (χ0v) is 15.2. The Hall–Kier alpha value is -2.08. The third-order valence-corrected chi connectivity index (χ3v) is 5.50. The summed E-state index contributed by atoms with van der Waals surface area (Å²) in [7, 11) is 1.72. The van der Waals surface area contributed by atoms with Crippen LogP contribution in [0.5, 0.6) is 5.75 Å². The third kappa shape index (κ3) is 3.63. The molecule has 0 heterocycles. The normalized spacial score (nSPS) is 24.2. The van der Waals surface area contributed by atoms with E-state index in [2.05, 4.69) is 26.1 Å². The summed E-state index contributed by atoms with van der Waals surface area (Å²) in [6, 6.07) is 6.62. The fraction of sp³-hybridized carbons (Fsp3) is 0.579. The number of methoxy groups -OCH3 is 1. The maximum Gasteiger partial charge on any atom is 0.341 e. The highest BCUT2D eigenvalue weighted by molar-refractivity contribution is 5.95. The number of aliphatic carboxylic acids is 1. The van der Waals surface area contributed by atoms with Crippen LogP contribution in [0.3, 0.4) is 0 Å². The van der Waals surface area contributed by atoms with Crippen molar-refractivity contribution < 1.29 is 24.2 Å². The van der Waals surface area contributed by atoms with Gasteiger partial charge in [-0.15, -0.1) is 0 Å². The minimum absolute atomic E-state index is 0.0449. The second-order valence-corrected chi connectivity index (χ2v) is 6.62. The van der Waals surface area contributed by atoms with Crippen LogP contribution in [-0.2, 0) is 9.53 Å². The Bertz CT molecular complexity index is 626. The topological polar surface area (TPSA) is 84.9 Å².